The third-order valence-electron chi connectivity index (χ3n) is 6.60. The summed E-state index contributed by atoms with van der Waals surface area (Å²) in [4.78, 5) is 24.0. The van der Waals surface area contributed by atoms with Crippen LogP contribution in [0.3, 0.4) is 0 Å². The van der Waals surface area contributed by atoms with E-state index in [1.807, 2.05) is 28.8 Å². The van der Waals surface area contributed by atoms with E-state index in [1.165, 1.54) is 0 Å². The molecular weight excluding hydrogens is 456 g/mol. The van der Waals surface area contributed by atoms with Gasteiger partial charge in [0.05, 0.1) is 34.9 Å². The number of carbonyl (C=O) groups is 1. The number of para-hydroxylation sites is 1. The molecule has 9 heteroatoms. The lowest BCUT2D eigenvalue weighted by Crippen LogP contribution is -2.48. The SMILES string of the molecule is COCCOc1ccc2c(c1)ncn2-c1ccc2cccc(N3CCC(NC(=O)C(C)N)CC3)c2n1. The van der Waals surface area contributed by atoms with E-state index in [4.69, 9.17) is 20.2 Å². The molecular formula is C27H32N6O3. The molecule has 1 aliphatic heterocycles. The lowest BCUT2D eigenvalue weighted by atomic mass is 10.0. The van der Waals surface area contributed by atoms with E-state index in [0.717, 1.165) is 65.1 Å². The molecule has 0 radical (unpaired) electrons. The van der Waals surface area contributed by atoms with Gasteiger partial charge in [-0.05, 0) is 50.1 Å². The van der Waals surface area contributed by atoms with Crippen molar-refractivity contribution in [1.82, 2.24) is 19.9 Å². The van der Waals surface area contributed by atoms with Crippen LogP contribution in [0.2, 0.25) is 0 Å². The van der Waals surface area contributed by atoms with E-state index in [2.05, 4.69) is 39.5 Å². The number of piperidine rings is 1. The van der Waals surface area contributed by atoms with Crippen molar-refractivity contribution in [1.29, 1.82) is 0 Å². The molecule has 2 aromatic carbocycles. The predicted octanol–water partition coefficient (Wildman–Crippen LogP) is 3.03. The zero-order chi connectivity index (χ0) is 25.1. The minimum absolute atomic E-state index is 0.0915. The third kappa shape index (κ3) is 4.98. The van der Waals surface area contributed by atoms with Crippen molar-refractivity contribution in [2.75, 3.05) is 38.3 Å². The van der Waals surface area contributed by atoms with E-state index < -0.39 is 6.04 Å². The topological polar surface area (TPSA) is 108 Å². The fraction of sp³-hybridized carbons (Fsp3) is 0.370. The first-order valence-electron chi connectivity index (χ1n) is 12.3. The molecule has 1 atom stereocenters. The standard InChI is InChI=1S/C27H32N6O3/c1-18(28)27(34)30-20-10-12-32(13-11-20)24-5-3-4-19-6-9-25(31-26(19)24)33-17-29-22-16-21(7-8-23(22)33)36-15-14-35-2/h3-9,16-18,20H,10-15,28H2,1-2H3,(H,30,34). The molecule has 1 fully saturated rings. The Hall–Kier alpha value is -3.69. The van der Waals surface area contributed by atoms with Crippen molar-refractivity contribution in [3.8, 4) is 11.6 Å². The number of nitrogens with two attached hydrogens (primary N) is 1. The molecule has 0 saturated carbocycles. The number of pyridine rings is 1. The van der Waals surface area contributed by atoms with Crippen LogP contribution in [0.5, 0.6) is 5.75 Å². The highest BCUT2D eigenvalue weighted by Crippen LogP contribution is 2.30. The number of methoxy groups -OCH3 is 1. The number of anilines is 1. The van der Waals surface area contributed by atoms with Crippen molar-refractivity contribution in [2.24, 2.45) is 5.73 Å². The largest absolute Gasteiger partial charge is 0.491 e. The Morgan fingerprint density at radius 1 is 1.17 bits per heavy atom. The van der Waals surface area contributed by atoms with Gasteiger partial charge < -0.3 is 25.4 Å². The van der Waals surface area contributed by atoms with Crippen LogP contribution >= 0.6 is 0 Å². The fourth-order valence-electron chi connectivity index (χ4n) is 4.62. The Morgan fingerprint density at radius 3 is 2.78 bits per heavy atom. The first-order chi connectivity index (χ1) is 17.5. The van der Waals surface area contributed by atoms with Crippen LogP contribution < -0.4 is 20.7 Å². The van der Waals surface area contributed by atoms with Crippen molar-refractivity contribution in [3.05, 3.63) is 54.9 Å². The van der Waals surface area contributed by atoms with Crippen LogP contribution in [-0.2, 0) is 9.53 Å². The first kappa shape index (κ1) is 24.0. The molecule has 4 aromatic rings. The van der Waals surface area contributed by atoms with Crippen molar-refractivity contribution in [3.63, 3.8) is 0 Å². The maximum atomic E-state index is 12.0. The monoisotopic (exact) mass is 488 g/mol. The lowest BCUT2D eigenvalue weighted by Gasteiger charge is -2.34. The number of fused-ring (bicyclic) bond motifs is 2. The molecule has 9 nitrogen and oxygen atoms in total. The van der Waals surface area contributed by atoms with Gasteiger partial charge in [-0.2, -0.15) is 0 Å². The van der Waals surface area contributed by atoms with Crippen LogP contribution in [-0.4, -0.2) is 65.9 Å². The van der Waals surface area contributed by atoms with Gasteiger partial charge in [-0.3, -0.25) is 9.36 Å². The van der Waals surface area contributed by atoms with Gasteiger partial charge in [-0.25, -0.2) is 9.97 Å². The third-order valence-corrected chi connectivity index (χ3v) is 6.60. The summed E-state index contributed by atoms with van der Waals surface area (Å²) in [5.74, 6) is 1.48. The first-order valence-corrected chi connectivity index (χ1v) is 12.3. The molecule has 188 valence electrons. The number of hydrogen-bond acceptors (Lipinski definition) is 7. The van der Waals surface area contributed by atoms with Gasteiger partial charge >= 0.3 is 0 Å². The highest BCUT2D eigenvalue weighted by molar-refractivity contribution is 5.92. The van der Waals surface area contributed by atoms with Crippen LogP contribution in [0, 0.1) is 0 Å². The number of hydrogen-bond donors (Lipinski definition) is 2. The molecule has 36 heavy (non-hydrogen) atoms. The van der Waals surface area contributed by atoms with E-state index in [-0.39, 0.29) is 11.9 Å². The number of amides is 1. The number of carbonyl (C=O) groups excluding carboxylic acids is 1. The van der Waals surface area contributed by atoms with E-state index in [0.29, 0.717) is 13.2 Å². The van der Waals surface area contributed by atoms with E-state index in [9.17, 15) is 4.79 Å². The Balaban J connectivity index is 1.39. The van der Waals surface area contributed by atoms with Gasteiger partial charge in [0.15, 0.2) is 0 Å². The zero-order valence-electron chi connectivity index (χ0n) is 20.7. The van der Waals surface area contributed by atoms with Crippen molar-refractivity contribution >= 4 is 33.5 Å². The molecule has 1 saturated heterocycles. The zero-order valence-corrected chi connectivity index (χ0v) is 20.7. The van der Waals surface area contributed by atoms with Gasteiger partial charge in [-0.15, -0.1) is 0 Å². The summed E-state index contributed by atoms with van der Waals surface area (Å²) in [6, 6.07) is 15.9. The molecule has 0 bridgehead atoms. The van der Waals surface area contributed by atoms with Crippen molar-refractivity contribution < 1.29 is 14.3 Å². The Labute approximate surface area is 210 Å². The highest BCUT2D eigenvalue weighted by Gasteiger charge is 2.23. The van der Waals surface area contributed by atoms with Crippen molar-refractivity contribution in [2.45, 2.75) is 31.8 Å². The van der Waals surface area contributed by atoms with Crippen LogP contribution in [0.4, 0.5) is 5.69 Å². The second-order valence-electron chi connectivity index (χ2n) is 9.18. The second-order valence-corrected chi connectivity index (χ2v) is 9.18. The number of nitrogens with one attached hydrogen (secondary N) is 1. The number of imidazole rings is 1. The molecule has 1 amide bonds. The highest BCUT2D eigenvalue weighted by atomic mass is 16.5. The number of rotatable bonds is 8. The van der Waals surface area contributed by atoms with E-state index in [1.54, 1.807) is 20.4 Å². The maximum Gasteiger partial charge on any atom is 0.236 e. The number of benzene rings is 2. The summed E-state index contributed by atoms with van der Waals surface area (Å²) in [6.07, 6.45) is 3.54. The van der Waals surface area contributed by atoms with Gasteiger partial charge in [0, 0.05) is 37.7 Å². The predicted molar refractivity (Wildman–Crippen MR) is 141 cm³/mol. The Morgan fingerprint density at radius 2 is 2.00 bits per heavy atom. The average Bonchev–Trinajstić information content (AvgIpc) is 3.32. The normalized spacial score (nSPS) is 15.4. The fourth-order valence-corrected chi connectivity index (χ4v) is 4.62. The summed E-state index contributed by atoms with van der Waals surface area (Å²) in [5, 5.41) is 4.14. The second kappa shape index (κ2) is 10.5. The number of ether oxygens (including phenoxy) is 2. The quantitative estimate of drug-likeness (QED) is 0.367. The maximum absolute atomic E-state index is 12.0. The summed E-state index contributed by atoms with van der Waals surface area (Å²) in [5.41, 5.74) is 9.57. The molecule has 1 aliphatic rings. The van der Waals surface area contributed by atoms with Gasteiger partial charge in [-0.1, -0.05) is 12.1 Å². The smallest absolute Gasteiger partial charge is 0.236 e. The summed E-state index contributed by atoms with van der Waals surface area (Å²) >= 11 is 0. The molecule has 0 aliphatic carbocycles. The lowest BCUT2D eigenvalue weighted by molar-refractivity contribution is -0.122. The minimum Gasteiger partial charge on any atom is -0.491 e. The number of nitrogens with zero attached hydrogens (tertiary/aromatic N) is 4. The van der Waals surface area contributed by atoms with Crippen LogP contribution in [0.15, 0.2) is 54.9 Å². The van der Waals surface area contributed by atoms with Crippen LogP contribution in [0.25, 0.3) is 27.8 Å². The molecule has 3 heterocycles. The van der Waals surface area contributed by atoms with Gasteiger partial charge in [0.1, 0.15) is 24.5 Å². The summed E-state index contributed by atoms with van der Waals surface area (Å²) in [6.45, 7) is 4.43. The molecule has 5 rings (SSSR count). The molecule has 0 spiro atoms. The summed E-state index contributed by atoms with van der Waals surface area (Å²) in [7, 11) is 1.65. The molecule has 3 N–H and O–H groups in total. The average molecular weight is 489 g/mol. The van der Waals surface area contributed by atoms with Gasteiger partial charge in [0.2, 0.25) is 5.91 Å². The number of aromatic nitrogens is 3. The van der Waals surface area contributed by atoms with Crippen LogP contribution in [0.1, 0.15) is 19.8 Å². The molecule has 2 aromatic heterocycles. The summed E-state index contributed by atoms with van der Waals surface area (Å²) < 4.78 is 12.8. The van der Waals surface area contributed by atoms with E-state index >= 15 is 0 Å². The molecule has 1 unspecified atom stereocenters. The minimum atomic E-state index is -0.488. The Bertz CT molecular complexity index is 1360. The Kier molecular flexibility index (Phi) is 7.02. The van der Waals surface area contributed by atoms with Gasteiger partial charge in [0.25, 0.3) is 0 Å².